The van der Waals surface area contributed by atoms with Gasteiger partial charge in [0.05, 0.1) is 7.11 Å². The van der Waals surface area contributed by atoms with Crippen LogP contribution in [0, 0.1) is 0 Å². The second kappa shape index (κ2) is 6.89. The van der Waals surface area contributed by atoms with Gasteiger partial charge < -0.3 is 14.8 Å². The molecule has 1 aliphatic rings. The van der Waals surface area contributed by atoms with Crippen molar-refractivity contribution < 1.29 is 23.2 Å². The summed E-state index contributed by atoms with van der Waals surface area (Å²) in [6.45, 7) is 11.7. The molecule has 1 aliphatic carbocycles. The summed E-state index contributed by atoms with van der Waals surface area (Å²) in [5.41, 5.74) is -1.67. The van der Waals surface area contributed by atoms with Gasteiger partial charge >= 0.3 is 12.1 Å². The molecule has 0 saturated heterocycles. The van der Waals surface area contributed by atoms with Crippen LogP contribution in [0.25, 0.3) is 0 Å². The zero-order valence-electron chi connectivity index (χ0n) is 15.4. The summed E-state index contributed by atoms with van der Waals surface area (Å²) in [5.74, 6) is -0.463. The van der Waals surface area contributed by atoms with Crippen LogP contribution in [0.15, 0.2) is 0 Å². The standard InChI is InChI=1S/C16H29NO5S/c1-14(2,3)21-13(19)17-16(12(18)20-7)9-11(10-16)22-23(8)15(4,5)6/h11H,9-10H2,1-8H3/p+1. The number of hydrogen-bond donors (Lipinski definition) is 1. The molecule has 1 amide bonds. The van der Waals surface area contributed by atoms with Gasteiger partial charge in [0, 0.05) is 12.8 Å². The van der Waals surface area contributed by atoms with E-state index < -0.39 is 23.2 Å². The lowest BCUT2D eigenvalue weighted by atomic mass is 9.74. The van der Waals surface area contributed by atoms with Crippen molar-refractivity contribution in [1.29, 1.82) is 0 Å². The van der Waals surface area contributed by atoms with Crippen molar-refractivity contribution >= 4 is 23.2 Å². The Bertz CT molecular complexity index is 446. The maximum Gasteiger partial charge on any atom is 0.408 e. The Balaban J connectivity index is 2.68. The number of carbonyl (C=O) groups is 2. The molecule has 0 aromatic rings. The fourth-order valence-corrected chi connectivity index (χ4v) is 2.98. The van der Waals surface area contributed by atoms with Gasteiger partial charge in [-0.3, -0.25) is 0 Å². The van der Waals surface area contributed by atoms with Gasteiger partial charge in [-0.15, -0.1) is 0 Å². The van der Waals surface area contributed by atoms with E-state index in [1.54, 1.807) is 20.8 Å². The highest BCUT2D eigenvalue weighted by Crippen LogP contribution is 2.38. The largest absolute Gasteiger partial charge is 0.467 e. The average molecular weight is 348 g/mol. The zero-order valence-corrected chi connectivity index (χ0v) is 16.3. The summed E-state index contributed by atoms with van der Waals surface area (Å²) in [7, 11) is 1.31. The molecule has 0 aromatic heterocycles. The second-order valence-corrected chi connectivity index (χ2v) is 10.2. The van der Waals surface area contributed by atoms with Crippen LogP contribution in [-0.4, -0.2) is 47.4 Å². The lowest BCUT2D eigenvalue weighted by molar-refractivity contribution is -0.156. The Hall–Kier alpha value is -0.950. The van der Waals surface area contributed by atoms with E-state index in [0.29, 0.717) is 12.8 Å². The lowest BCUT2D eigenvalue weighted by Gasteiger charge is -2.43. The number of esters is 1. The molecule has 1 saturated carbocycles. The lowest BCUT2D eigenvalue weighted by Crippen LogP contribution is -2.66. The second-order valence-electron chi connectivity index (χ2n) is 7.89. The predicted molar refractivity (Wildman–Crippen MR) is 91.3 cm³/mol. The Morgan fingerprint density at radius 2 is 1.65 bits per heavy atom. The monoisotopic (exact) mass is 348 g/mol. The number of rotatable bonds is 4. The first kappa shape index (κ1) is 20.1. The Kier molecular flexibility index (Phi) is 6.02. The van der Waals surface area contributed by atoms with Crippen LogP contribution in [0.2, 0.25) is 0 Å². The minimum Gasteiger partial charge on any atom is -0.467 e. The van der Waals surface area contributed by atoms with Crippen molar-refractivity contribution in [1.82, 2.24) is 5.32 Å². The number of amides is 1. The van der Waals surface area contributed by atoms with Crippen LogP contribution < -0.4 is 5.32 Å². The molecule has 1 atom stereocenters. The van der Waals surface area contributed by atoms with Crippen molar-refractivity contribution in [2.75, 3.05) is 13.4 Å². The maximum absolute atomic E-state index is 12.1. The van der Waals surface area contributed by atoms with Crippen molar-refractivity contribution in [3.8, 4) is 0 Å². The highest BCUT2D eigenvalue weighted by atomic mass is 32.2. The third-order valence-electron chi connectivity index (χ3n) is 3.61. The summed E-state index contributed by atoms with van der Waals surface area (Å²) in [4.78, 5) is 24.1. The highest BCUT2D eigenvalue weighted by Gasteiger charge is 2.56. The third-order valence-corrected chi connectivity index (χ3v) is 5.90. The maximum atomic E-state index is 12.1. The molecule has 0 bridgehead atoms. The van der Waals surface area contributed by atoms with E-state index >= 15 is 0 Å². The molecule has 7 heteroatoms. The molecule has 1 N–H and O–H groups in total. The van der Waals surface area contributed by atoms with Gasteiger partial charge in [-0.2, -0.15) is 4.18 Å². The van der Waals surface area contributed by atoms with Gasteiger partial charge in [-0.1, -0.05) is 0 Å². The molecular weight excluding hydrogens is 318 g/mol. The van der Waals surface area contributed by atoms with Gasteiger partial charge in [0.15, 0.2) is 4.75 Å². The highest BCUT2D eigenvalue weighted by molar-refractivity contribution is 7.93. The van der Waals surface area contributed by atoms with Crippen LogP contribution >= 0.6 is 0 Å². The fourth-order valence-electron chi connectivity index (χ4n) is 2.15. The molecule has 0 aromatic carbocycles. The number of hydrogen-bond acceptors (Lipinski definition) is 5. The Labute approximate surface area is 142 Å². The summed E-state index contributed by atoms with van der Waals surface area (Å²) in [5, 5.41) is 2.67. The summed E-state index contributed by atoms with van der Waals surface area (Å²) < 4.78 is 16.1. The molecule has 6 nitrogen and oxygen atoms in total. The number of ether oxygens (including phenoxy) is 2. The van der Waals surface area contributed by atoms with E-state index in [4.69, 9.17) is 13.7 Å². The number of nitrogens with one attached hydrogen (secondary N) is 1. The van der Waals surface area contributed by atoms with Crippen LogP contribution in [0.3, 0.4) is 0 Å². The first-order valence-corrected chi connectivity index (χ1v) is 9.28. The van der Waals surface area contributed by atoms with E-state index in [1.807, 2.05) is 6.26 Å². The molecule has 0 spiro atoms. The Morgan fingerprint density at radius 3 is 2.04 bits per heavy atom. The normalized spacial score (nSPS) is 26.0. The van der Waals surface area contributed by atoms with E-state index in [-0.39, 0.29) is 22.0 Å². The van der Waals surface area contributed by atoms with E-state index in [9.17, 15) is 9.59 Å². The predicted octanol–water partition coefficient (Wildman–Crippen LogP) is 2.56. The quantitative estimate of drug-likeness (QED) is 0.624. The minimum atomic E-state index is -1.05. The average Bonchev–Trinajstić information content (AvgIpc) is 2.30. The van der Waals surface area contributed by atoms with Crippen molar-refractivity contribution in [2.24, 2.45) is 0 Å². The molecule has 1 rings (SSSR count). The van der Waals surface area contributed by atoms with Crippen LogP contribution in [0.5, 0.6) is 0 Å². The van der Waals surface area contributed by atoms with Crippen molar-refractivity contribution in [3.05, 3.63) is 0 Å². The first-order chi connectivity index (χ1) is 10.3. The molecule has 0 aliphatic heterocycles. The van der Waals surface area contributed by atoms with Crippen LogP contribution in [0.4, 0.5) is 4.79 Å². The van der Waals surface area contributed by atoms with Crippen LogP contribution in [-0.2, 0) is 29.6 Å². The zero-order chi connectivity index (χ0) is 18.1. The number of methoxy groups -OCH3 is 1. The number of alkyl carbamates (subject to hydrolysis) is 1. The molecule has 134 valence electrons. The van der Waals surface area contributed by atoms with Gasteiger partial charge in [0.25, 0.3) is 0 Å². The summed E-state index contributed by atoms with van der Waals surface area (Å²) in [6, 6.07) is 0. The molecular formula is C16H30NO5S+. The van der Waals surface area contributed by atoms with Crippen LogP contribution in [0.1, 0.15) is 54.4 Å². The molecule has 23 heavy (non-hydrogen) atoms. The number of carbonyl (C=O) groups excluding carboxylic acids is 2. The van der Waals surface area contributed by atoms with E-state index in [0.717, 1.165) is 0 Å². The van der Waals surface area contributed by atoms with Gasteiger partial charge in [-0.25, -0.2) is 9.59 Å². The van der Waals surface area contributed by atoms with E-state index in [1.165, 1.54) is 7.11 Å². The summed E-state index contributed by atoms with van der Waals surface area (Å²) in [6.07, 6.45) is 2.14. The summed E-state index contributed by atoms with van der Waals surface area (Å²) >= 11 is -0.239. The van der Waals surface area contributed by atoms with Gasteiger partial charge in [0.1, 0.15) is 34.7 Å². The minimum absolute atomic E-state index is 0.0438. The molecule has 1 fully saturated rings. The van der Waals surface area contributed by atoms with Gasteiger partial charge in [-0.05, 0) is 41.5 Å². The molecule has 0 heterocycles. The smallest absolute Gasteiger partial charge is 0.408 e. The van der Waals surface area contributed by atoms with Crippen molar-refractivity contribution in [3.63, 3.8) is 0 Å². The van der Waals surface area contributed by atoms with Gasteiger partial charge in [0.2, 0.25) is 0 Å². The molecule has 0 radical (unpaired) electrons. The fraction of sp³-hybridized carbons (Fsp3) is 0.875. The topological polar surface area (TPSA) is 73.9 Å². The van der Waals surface area contributed by atoms with E-state index in [2.05, 4.69) is 26.1 Å². The Morgan fingerprint density at radius 1 is 1.13 bits per heavy atom. The molecule has 1 unspecified atom stereocenters. The third kappa shape index (κ3) is 5.57. The first-order valence-electron chi connectivity index (χ1n) is 7.72. The SMILES string of the molecule is COC(=O)C1(NC(=O)OC(C)(C)C)CC(O[S+](C)C(C)(C)C)C1. The van der Waals surface area contributed by atoms with Crippen molar-refractivity contribution in [2.45, 2.75) is 76.4 Å².